The fraction of sp³-hybridized carbons (Fsp3) is 0.375. The Kier molecular flexibility index (Phi) is 9.53. The molecule has 0 fully saturated rings. The van der Waals surface area contributed by atoms with Crippen molar-refractivity contribution < 1.29 is 23.9 Å². The summed E-state index contributed by atoms with van der Waals surface area (Å²) in [5, 5.41) is 7.97. The molecular weight excluding hydrogens is 410 g/mol. The third-order valence-electron chi connectivity index (χ3n) is 4.05. The van der Waals surface area contributed by atoms with Gasteiger partial charge in [-0.25, -0.2) is 4.79 Å². The summed E-state index contributed by atoms with van der Waals surface area (Å²) in [5.74, 6) is 0.334. The van der Waals surface area contributed by atoms with Gasteiger partial charge in [0.15, 0.2) is 0 Å². The van der Waals surface area contributed by atoms with Gasteiger partial charge in [0.05, 0.1) is 6.61 Å². The number of amides is 3. The quantitative estimate of drug-likeness (QED) is 0.488. The van der Waals surface area contributed by atoms with Gasteiger partial charge in [0.1, 0.15) is 17.9 Å². The van der Waals surface area contributed by atoms with E-state index in [0.29, 0.717) is 31.7 Å². The Morgan fingerprint density at radius 3 is 2.38 bits per heavy atom. The van der Waals surface area contributed by atoms with Crippen LogP contribution in [0.3, 0.4) is 0 Å². The van der Waals surface area contributed by atoms with E-state index < -0.39 is 11.7 Å². The Bertz CT molecular complexity index is 894. The number of hydrogen-bond donors (Lipinski definition) is 3. The summed E-state index contributed by atoms with van der Waals surface area (Å²) in [4.78, 5) is 35.7. The van der Waals surface area contributed by atoms with Gasteiger partial charge in [0.25, 0.3) is 0 Å². The van der Waals surface area contributed by atoms with E-state index in [2.05, 4.69) is 16.0 Å². The van der Waals surface area contributed by atoms with Crippen LogP contribution in [0.4, 0.5) is 10.5 Å². The van der Waals surface area contributed by atoms with Gasteiger partial charge in [-0.1, -0.05) is 30.3 Å². The molecule has 3 N–H and O–H groups in total. The van der Waals surface area contributed by atoms with E-state index in [1.807, 2.05) is 36.4 Å². The van der Waals surface area contributed by atoms with Crippen molar-refractivity contribution >= 4 is 23.6 Å². The monoisotopic (exact) mass is 441 g/mol. The average molecular weight is 442 g/mol. The van der Waals surface area contributed by atoms with E-state index in [0.717, 1.165) is 11.3 Å². The number of benzene rings is 2. The standard InChI is InChI=1S/C24H31N3O5/c1-24(2,3)32-23(30)26-17-22(29)27-19-10-7-9-18(15-19)16-25-21(28)13-8-14-31-20-11-5-4-6-12-20/h4-7,9-12,15H,8,13-14,16-17H2,1-3H3,(H,25,28)(H,26,30)(H,27,29). The van der Waals surface area contributed by atoms with Crippen molar-refractivity contribution in [2.45, 2.75) is 45.8 Å². The van der Waals surface area contributed by atoms with Crippen LogP contribution in [0.5, 0.6) is 5.75 Å². The Balaban J connectivity index is 1.67. The van der Waals surface area contributed by atoms with Gasteiger partial charge in [0.2, 0.25) is 11.8 Å². The lowest BCUT2D eigenvalue weighted by Gasteiger charge is -2.19. The van der Waals surface area contributed by atoms with Crippen LogP contribution in [0, 0.1) is 0 Å². The number of para-hydroxylation sites is 1. The maximum absolute atomic E-state index is 12.0. The topological polar surface area (TPSA) is 106 Å². The van der Waals surface area contributed by atoms with Crippen LogP contribution >= 0.6 is 0 Å². The van der Waals surface area contributed by atoms with Crippen LogP contribution in [-0.2, 0) is 20.9 Å². The smallest absolute Gasteiger partial charge is 0.408 e. The minimum absolute atomic E-state index is 0.0716. The van der Waals surface area contributed by atoms with Gasteiger partial charge in [-0.3, -0.25) is 9.59 Å². The second kappa shape index (κ2) is 12.3. The van der Waals surface area contributed by atoms with Gasteiger partial charge >= 0.3 is 6.09 Å². The maximum Gasteiger partial charge on any atom is 0.408 e. The molecule has 0 saturated heterocycles. The van der Waals surface area contributed by atoms with E-state index >= 15 is 0 Å². The molecule has 0 aliphatic heterocycles. The van der Waals surface area contributed by atoms with Crippen molar-refractivity contribution in [2.24, 2.45) is 0 Å². The lowest BCUT2D eigenvalue weighted by molar-refractivity contribution is -0.121. The average Bonchev–Trinajstić information content (AvgIpc) is 2.74. The first-order valence-electron chi connectivity index (χ1n) is 10.5. The summed E-state index contributed by atoms with van der Waals surface area (Å²) in [6.45, 7) is 5.84. The molecule has 0 unspecified atom stereocenters. The predicted molar refractivity (Wildman–Crippen MR) is 122 cm³/mol. The minimum Gasteiger partial charge on any atom is -0.494 e. The first-order chi connectivity index (χ1) is 15.2. The molecule has 2 aromatic carbocycles. The fourth-order valence-electron chi connectivity index (χ4n) is 2.66. The lowest BCUT2D eigenvalue weighted by Crippen LogP contribution is -2.37. The number of hydrogen-bond acceptors (Lipinski definition) is 5. The zero-order valence-electron chi connectivity index (χ0n) is 18.8. The number of rotatable bonds is 10. The van der Waals surface area contributed by atoms with Gasteiger partial charge in [-0.15, -0.1) is 0 Å². The molecule has 32 heavy (non-hydrogen) atoms. The highest BCUT2D eigenvalue weighted by molar-refractivity contribution is 5.93. The molecule has 172 valence electrons. The third-order valence-corrected chi connectivity index (χ3v) is 4.05. The van der Waals surface area contributed by atoms with Gasteiger partial charge in [-0.05, 0) is 57.0 Å². The molecular formula is C24H31N3O5. The molecule has 8 heteroatoms. The lowest BCUT2D eigenvalue weighted by atomic mass is 10.2. The van der Waals surface area contributed by atoms with Crippen LogP contribution in [0.25, 0.3) is 0 Å². The molecule has 0 atom stereocenters. The summed E-state index contributed by atoms with van der Waals surface area (Å²) in [6.07, 6.45) is 0.319. The molecule has 0 radical (unpaired) electrons. The molecule has 0 bridgehead atoms. The summed E-state index contributed by atoms with van der Waals surface area (Å²) in [7, 11) is 0. The van der Waals surface area contributed by atoms with Crippen LogP contribution in [0.2, 0.25) is 0 Å². The highest BCUT2D eigenvalue weighted by Gasteiger charge is 2.16. The zero-order valence-corrected chi connectivity index (χ0v) is 18.8. The van der Waals surface area contributed by atoms with Gasteiger partial charge in [0, 0.05) is 18.7 Å². The maximum atomic E-state index is 12.0. The van der Waals surface area contributed by atoms with Gasteiger partial charge in [-0.2, -0.15) is 0 Å². The number of carbonyl (C=O) groups excluding carboxylic acids is 3. The second-order valence-corrected chi connectivity index (χ2v) is 8.15. The molecule has 2 rings (SSSR count). The Hall–Kier alpha value is -3.55. The number of carbonyl (C=O) groups is 3. The number of nitrogens with one attached hydrogen (secondary N) is 3. The fourth-order valence-corrected chi connectivity index (χ4v) is 2.66. The van der Waals surface area contributed by atoms with Crippen molar-refractivity contribution in [2.75, 3.05) is 18.5 Å². The molecule has 0 aromatic heterocycles. The molecule has 0 saturated carbocycles. The molecule has 8 nitrogen and oxygen atoms in total. The van der Waals surface area contributed by atoms with E-state index in [1.54, 1.807) is 39.0 Å². The van der Waals surface area contributed by atoms with Crippen molar-refractivity contribution in [3.8, 4) is 5.75 Å². The van der Waals surface area contributed by atoms with Crippen LogP contribution in [-0.4, -0.2) is 36.7 Å². The minimum atomic E-state index is -0.654. The van der Waals surface area contributed by atoms with Crippen molar-refractivity contribution in [3.63, 3.8) is 0 Å². The Labute approximate surface area is 188 Å². The van der Waals surface area contributed by atoms with E-state index in [4.69, 9.17) is 9.47 Å². The molecule has 3 amide bonds. The largest absolute Gasteiger partial charge is 0.494 e. The second-order valence-electron chi connectivity index (χ2n) is 8.15. The van der Waals surface area contributed by atoms with Crippen LogP contribution in [0.1, 0.15) is 39.2 Å². The molecule has 0 aliphatic carbocycles. The normalized spacial score (nSPS) is 10.7. The van der Waals surface area contributed by atoms with Crippen molar-refractivity contribution in [1.82, 2.24) is 10.6 Å². The Morgan fingerprint density at radius 1 is 0.906 bits per heavy atom. The first-order valence-corrected chi connectivity index (χ1v) is 10.5. The number of alkyl carbamates (subject to hydrolysis) is 1. The molecule has 2 aromatic rings. The summed E-state index contributed by atoms with van der Waals surface area (Å²) in [5.41, 5.74) is 0.787. The molecule has 0 heterocycles. The van der Waals surface area contributed by atoms with Crippen molar-refractivity contribution in [3.05, 3.63) is 60.2 Å². The van der Waals surface area contributed by atoms with Crippen molar-refractivity contribution in [1.29, 1.82) is 0 Å². The highest BCUT2D eigenvalue weighted by atomic mass is 16.6. The van der Waals surface area contributed by atoms with Crippen LogP contribution in [0.15, 0.2) is 54.6 Å². The van der Waals surface area contributed by atoms with Gasteiger partial charge < -0.3 is 25.4 Å². The van der Waals surface area contributed by atoms with Crippen LogP contribution < -0.4 is 20.7 Å². The Morgan fingerprint density at radius 2 is 1.66 bits per heavy atom. The SMILES string of the molecule is CC(C)(C)OC(=O)NCC(=O)Nc1cccc(CNC(=O)CCCOc2ccccc2)c1. The van der Waals surface area contributed by atoms with E-state index in [9.17, 15) is 14.4 Å². The third kappa shape index (κ3) is 10.5. The van der Waals surface area contributed by atoms with E-state index in [1.165, 1.54) is 0 Å². The zero-order chi connectivity index (χ0) is 23.4. The molecule has 0 spiro atoms. The first kappa shape index (κ1) is 24.7. The number of anilines is 1. The number of ether oxygens (including phenoxy) is 2. The highest BCUT2D eigenvalue weighted by Crippen LogP contribution is 2.11. The summed E-state index contributed by atoms with van der Waals surface area (Å²) >= 11 is 0. The summed E-state index contributed by atoms with van der Waals surface area (Å²) < 4.78 is 10.7. The van der Waals surface area contributed by atoms with E-state index in [-0.39, 0.29) is 18.4 Å². The summed E-state index contributed by atoms with van der Waals surface area (Å²) in [6, 6.07) is 16.6. The molecule has 0 aliphatic rings. The predicted octanol–water partition coefficient (Wildman–Crippen LogP) is 3.63.